The lowest BCUT2D eigenvalue weighted by molar-refractivity contribution is 0.865. The average Bonchev–Trinajstić information content (AvgIpc) is 3.19. The van der Waals surface area contributed by atoms with Gasteiger partial charge in [0.2, 0.25) is 0 Å². The van der Waals surface area contributed by atoms with Crippen molar-refractivity contribution in [3.05, 3.63) is 61.2 Å². The van der Waals surface area contributed by atoms with E-state index in [1.54, 1.807) is 6.08 Å². The van der Waals surface area contributed by atoms with E-state index in [-0.39, 0.29) is 0 Å². The minimum atomic E-state index is 0.551. The van der Waals surface area contributed by atoms with Crippen LogP contribution in [-0.2, 0) is 6.54 Å². The molecule has 0 saturated carbocycles. The van der Waals surface area contributed by atoms with Crippen LogP contribution in [0.25, 0.3) is 44.6 Å². The van der Waals surface area contributed by atoms with Crippen molar-refractivity contribution in [3.8, 4) is 11.4 Å². The van der Waals surface area contributed by atoms with Gasteiger partial charge in [0.05, 0.1) is 27.6 Å². The van der Waals surface area contributed by atoms with Crippen LogP contribution in [0.1, 0.15) is 0 Å². The van der Waals surface area contributed by atoms with Gasteiger partial charge in [-0.05, 0) is 24.3 Å². The molecule has 6 nitrogen and oxygen atoms in total. The standard InChI is InChI=1S/C20H16N6/c1-2-11-26-18(21)16(19-23-13-8-4-5-9-14(13)24-19)17-20(26)25-15-10-6-3-7-12(15)22-17/h2-10H,1,11,21H2,(H,23,24). The molecule has 5 rings (SSSR count). The van der Waals surface area contributed by atoms with E-state index in [1.807, 2.05) is 53.1 Å². The number of anilines is 1. The monoisotopic (exact) mass is 340 g/mol. The molecule has 5 aromatic rings. The summed E-state index contributed by atoms with van der Waals surface area (Å²) >= 11 is 0. The van der Waals surface area contributed by atoms with Crippen molar-refractivity contribution in [1.29, 1.82) is 0 Å². The summed E-state index contributed by atoms with van der Waals surface area (Å²) in [6.07, 6.45) is 1.80. The van der Waals surface area contributed by atoms with Crippen LogP contribution in [0, 0.1) is 0 Å². The predicted molar refractivity (Wildman–Crippen MR) is 105 cm³/mol. The first-order valence-electron chi connectivity index (χ1n) is 8.36. The number of nitrogens with zero attached hydrogens (tertiary/aromatic N) is 4. The van der Waals surface area contributed by atoms with Crippen LogP contribution in [0.5, 0.6) is 0 Å². The van der Waals surface area contributed by atoms with Gasteiger partial charge < -0.3 is 15.3 Å². The van der Waals surface area contributed by atoms with Gasteiger partial charge >= 0.3 is 0 Å². The molecule has 3 N–H and O–H groups in total. The second-order valence-corrected chi connectivity index (χ2v) is 6.15. The third-order valence-corrected chi connectivity index (χ3v) is 4.53. The Kier molecular flexibility index (Phi) is 3.05. The van der Waals surface area contributed by atoms with Gasteiger partial charge in [0, 0.05) is 6.54 Å². The summed E-state index contributed by atoms with van der Waals surface area (Å²) in [6.45, 7) is 4.39. The zero-order valence-corrected chi connectivity index (χ0v) is 14.0. The fourth-order valence-corrected chi connectivity index (χ4v) is 3.34. The lowest BCUT2D eigenvalue weighted by atomic mass is 10.2. The summed E-state index contributed by atoms with van der Waals surface area (Å²) in [6, 6.07) is 15.7. The minimum absolute atomic E-state index is 0.551. The number of aromatic amines is 1. The van der Waals surface area contributed by atoms with Crippen LogP contribution >= 0.6 is 0 Å². The number of benzene rings is 2. The molecule has 0 aliphatic carbocycles. The topological polar surface area (TPSA) is 85.4 Å². The van der Waals surface area contributed by atoms with Crippen molar-refractivity contribution >= 4 is 39.0 Å². The fraction of sp³-hybridized carbons (Fsp3) is 0.0500. The highest BCUT2D eigenvalue weighted by atomic mass is 15.1. The molecular formula is C20H16N6. The van der Waals surface area contributed by atoms with E-state index in [1.165, 1.54) is 0 Å². The number of hydrogen-bond acceptors (Lipinski definition) is 4. The molecule has 3 heterocycles. The van der Waals surface area contributed by atoms with E-state index >= 15 is 0 Å². The highest BCUT2D eigenvalue weighted by Crippen LogP contribution is 2.35. The van der Waals surface area contributed by atoms with Gasteiger partial charge in [0.15, 0.2) is 5.65 Å². The minimum Gasteiger partial charge on any atom is -0.384 e. The van der Waals surface area contributed by atoms with Crippen molar-refractivity contribution in [3.63, 3.8) is 0 Å². The Bertz CT molecular complexity index is 1260. The van der Waals surface area contributed by atoms with E-state index in [9.17, 15) is 0 Å². The second-order valence-electron chi connectivity index (χ2n) is 6.15. The molecule has 0 bridgehead atoms. The number of para-hydroxylation sites is 4. The molecular weight excluding hydrogens is 324 g/mol. The largest absolute Gasteiger partial charge is 0.384 e. The summed E-state index contributed by atoms with van der Waals surface area (Å²) in [7, 11) is 0. The highest BCUT2D eigenvalue weighted by molar-refractivity contribution is 6.01. The Balaban J connectivity index is 1.89. The number of nitrogens with two attached hydrogens (primary N) is 1. The van der Waals surface area contributed by atoms with Crippen LogP contribution in [0.3, 0.4) is 0 Å². The summed E-state index contributed by atoms with van der Waals surface area (Å²) in [5, 5.41) is 0. The second kappa shape index (κ2) is 5.42. The molecule has 0 saturated heterocycles. The smallest absolute Gasteiger partial charge is 0.162 e. The Morgan fingerprint density at radius 3 is 2.38 bits per heavy atom. The van der Waals surface area contributed by atoms with Crippen molar-refractivity contribution in [2.75, 3.05) is 5.73 Å². The van der Waals surface area contributed by atoms with E-state index in [0.29, 0.717) is 18.2 Å². The zero-order chi connectivity index (χ0) is 17.7. The van der Waals surface area contributed by atoms with Crippen molar-refractivity contribution in [1.82, 2.24) is 24.5 Å². The van der Waals surface area contributed by atoms with Crippen LogP contribution in [0.2, 0.25) is 0 Å². The number of H-pyrrole nitrogens is 1. The fourth-order valence-electron chi connectivity index (χ4n) is 3.34. The summed E-state index contributed by atoms with van der Waals surface area (Å²) in [5.74, 6) is 1.27. The summed E-state index contributed by atoms with van der Waals surface area (Å²) in [4.78, 5) is 17.7. The molecule has 0 fully saturated rings. The quantitative estimate of drug-likeness (QED) is 0.488. The van der Waals surface area contributed by atoms with Crippen LogP contribution in [-0.4, -0.2) is 24.5 Å². The number of rotatable bonds is 3. The van der Waals surface area contributed by atoms with Gasteiger partial charge in [-0.15, -0.1) is 6.58 Å². The van der Waals surface area contributed by atoms with Crippen LogP contribution < -0.4 is 5.73 Å². The van der Waals surface area contributed by atoms with Gasteiger partial charge in [0.25, 0.3) is 0 Å². The number of nitrogen functional groups attached to an aromatic ring is 1. The molecule has 0 unspecified atom stereocenters. The Hall–Kier alpha value is -3.67. The van der Waals surface area contributed by atoms with E-state index < -0.39 is 0 Å². The van der Waals surface area contributed by atoms with E-state index in [2.05, 4.69) is 11.6 Å². The van der Waals surface area contributed by atoms with Gasteiger partial charge in [-0.25, -0.2) is 15.0 Å². The van der Waals surface area contributed by atoms with Crippen LogP contribution in [0.4, 0.5) is 5.82 Å². The molecule has 3 aromatic heterocycles. The Labute approximate surface area is 149 Å². The first kappa shape index (κ1) is 14.7. The molecule has 0 amide bonds. The highest BCUT2D eigenvalue weighted by Gasteiger charge is 2.21. The van der Waals surface area contributed by atoms with Crippen molar-refractivity contribution < 1.29 is 0 Å². The Morgan fingerprint density at radius 2 is 1.65 bits per heavy atom. The van der Waals surface area contributed by atoms with E-state index in [4.69, 9.17) is 20.7 Å². The van der Waals surface area contributed by atoms with Crippen molar-refractivity contribution in [2.45, 2.75) is 6.54 Å². The third-order valence-electron chi connectivity index (χ3n) is 4.53. The first-order chi connectivity index (χ1) is 12.8. The molecule has 2 aromatic carbocycles. The zero-order valence-electron chi connectivity index (χ0n) is 14.0. The first-order valence-corrected chi connectivity index (χ1v) is 8.36. The maximum Gasteiger partial charge on any atom is 0.162 e. The summed E-state index contributed by atoms with van der Waals surface area (Å²) < 4.78 is 1.92. The predicted octanol–water partition coefficient (Wildman–Crippen LogP) is 3.90. The van der Waals surface area contributed by atoms with Crippen LogP contribution in [0.15, 0.2) is 61.2 Å². The van der Waals surface area contributed by atoms with Gasteiger partial charge in [0.1, 0.15) is 17.2 Å². The van der Waals surface area contributed by atoms with Gasteiger partial charge in [-0.3, -0.25) is 0 Å². The average molecular weight is 340 g/mol. The molecule has 0 aliphatic heterocycles. The van der Waals surface area contributed by atoms with Crippen molar-refractivity contribution in [2.24, 2.45) is 0 Å². The number of nitrogens with one attached hydrogen (secondary N) is 1. The maximum absolute atomic E-state index is 6.49. The molecule has 0 aliphatic rings. The Morgan fingerprint density at radius 1 is 0.962 bits per heavy atom. The molecule has 6 heteroatoms. The summed E-state index contributed by atoms with van der Waals surface area (Å²) in [5.41, 5.74) is 12.2. The maximum atomic E-state index is 6.49. The normalized spacial score (nSPS) is 11.5. The molecule has 126 valence electrons. The van der Waals surface area contributed by atoms with Gasteiger partial charge in [-0.1, -0.05) is 30.3 Å². The molecule has 0 spiro atoms. The SMILES string of the molecule is C=CCn1c(N)c(-c2nc3ccccc3[nH]2)c2nc3ccccc3nc21. The number of allylic oxidation sites excluding steroid dienone is 1. The van der Waals surface area contributed by atoms with E-state index in [0.717, 1.165) is 38.8 Å². The third kappa shape index (κ3) is 2.02. The number of aromatic nitrogens is 5. The number of hydrogen-bond donors (Lipinski definition) is 2. The molecule has 0 radical (unpaired) electrons. The molecule has 0 atom stereocenters. The van der Waals surface area contributed by atoms with Gasteiger partial charge in [-0.2, -0.15) is 0 Å². The number of imidazole rings is 1. The number of fused-ring (bicyclic) bond motifs is 3. The molecule has 26 heavy (non-hydrogen) atoms. The lowest BCUT2D eigenvalue weighted by Gasteiger charge is -2.03. The lowest BCUT2D eigenvalue weighted by Crippen LogP contribution is -2.02.